The van der Waals surface area contributed by atoms with Gasteiger partial charge in [0.15, 0.2) is 11.6 Å². The summed E-state index contributed by atoms with van der Waals surface area (Å²) in [6.07, 6.45) is 0.948. The molecule has 0 fully saturated rings. The second-order valence-corrected chi connectivity index (χ2v) is 4.30. The molecule has 0 bridgehead atoms. The van der Waals surface area contributed by atoms with Gasteiger partial charge in [-0.1, -0.05) is 37.3 Å². The molecule has 2 nitrogen and oxygen atoms in total. The molecule has 0 saturated heterocycles. The summed E-state index contributed by atoms with van der Waals surface area (Å²) in [5.74, 6) is -0.0189. The molecule has 0 heterocycles. The van der Waals surface area contributed by atoms with Crippen LogP contribution in [0.25, 0.3) is 0 Å². The minimum Gasteiger partial charge on any atom is -0.494 e. The molecule has 19 heavy (non-hydrogen) atoms. The van der Waals surface area contributed by atoms with Gasteiger partial charge in [0.2, 0.25) is 0 Å². The van der Waals surface area contributed by atoms with Gasteiger partial charge in [-0.3, -0.25) is 0 Å². The first-order valence-corrected chi connectivity index (χ1v) is 6.39. The Hall–Kier alpha value is -2.03. The van der Waals surface area contributed by atoms with Crippen molar-refractivity contribution in [2.75, 3.05) is 12.4 Å². The molecule has 2 aromatic carbocycles. The third-order valence-electron chi connectivity index (χ3n) is 3.13. The minimum absolute atomic E-state index is 0.281. The van der Waals surface area contributed by atoms with E-state index in [1.807, 2.05) is 18.2 Å². The Morgan fingerprint density at radius 2 is 1.79 bits per heavy atom. The first-order valence-electron chi connectivity index (χ1n) is 6.39. The molecule has 0 saturated carbocycles. The molecule has 3 heteroatoms. The predicted octanol–water partition coefficient (Wildman–Crippen LogP) is 4.01. The SMILES string of the molecule is CCc1ccccc1NCc1cccc(OC)c1F. The highest BCUT2D eigenvalue weighted by molar-refractivity contribution is 5.51. The van der Waals surface area contributed by atoms with Gasteiger partial charge in [-0.15, -0.1) is 0 Å². The summed E-state index contributed by atoms with van der Waals surface area (Å²) < 4.78 is 19.0. The lowest BCUT2D eigenvalue weighted by molar-refractivity contribution is 0.384. The molecule has 0 radical (unpaired) electrons. The molecule has 0 aliphatic heterocycles. The molecular formula is C16H18FNO. The van der Waals surface area contributed by atoms with E-state index in [2.05, 4.69) is 18.3 Å². The van der Waals surface area contributed by atoms with Crippen molar-refractivity contribution < 1.29 is 9.13 Å². The third-order valence-corrected chi connectivity index (χ3v) is 3.13. The maximum atomic E-state index is 14.0. The highest BCUT2D eigenvalue weighted by Gasteiger charge is 2.08. The van der Waals surface area contributed by atoms with Gasteiger partial charge in [0.1, 0.15) is 0 Å². The molecule has 0 spiro atoms. The summed E-state index contributed by atoms with van der Waals surface area (Å²) in [5.41, 5.74) is 2.88. The van der Waals surface area contributed by atoms with Crippen LogP contribution in [0, 0.1) is 5.82 Å². The molecule has 0 amide bonds. The van der Waals surface area contributed by atoms with Crippen LogP contribution in [0.4, 0.5) is 10.1 Å². The number of methoxy groups -OCH3 is 1. The van der Waals surface area contributed by atoms with E-state index in [-0.39, 0.29) is 11.6 Å². The van der Waals surface area contributed by atoms with E-state index < -0.39 is 0 Å². The van der Waals surface area contributed by atoms with E-state index in [1.165, 1.54) is 12.7 Å². The van der Waals surface area contributed by atoms with Crippen molar-refractivity contribution in [3.63, 3.8) is 0 Å². The Labute approximate surface area is 113 Å². The van der Waals surface area contributed by atoms with Crippen LogP contribution in [0.2, 0.25) is 0 Å². The number of hydrogen-bond acceptors (Lipinski definition) is 2. The minimum atomic E-state index is -0.300. The molecule has 100 valence electrons. The highest BCUT2D eigenvalue weighted by atomic mass is 19.1. The summed E-state index contributed by atoms with van der Waals surface area (Å²) in [5, 5.41) is 3.28. The van der Waals surface area contributed by atoms with E-state index in [9.17, 15) is 4.39 Å². The number of nitrogens with one attached hydrogen (secondary N) is 1. The normalized spacial score (nSPS) is 10.3. The van der Waals surface area contributed by atoms with Gasteiger partial charge in [0, 0.05) is 17.8 Å². The Bertz CT molecular complexity index is 554. The van der Waals surface area contributed by atoms with Gasteiger partial charge in [-0.2, -0.15) is 0 Å². The van der Waals surface area contributed by atoms with Crippen LogP contribution < -0.4 is 10.1 Å². The van der Waals surface area contributed by atoms with Crippen LogP contribution in [0.15, 0.2) is 42.5 Å². The largest absolute Gasteiger partial charge is 0.494 e. The van der Waals surface area contributed by atoms with Crippen LogP contribution in [0.1, 0.15) is 18.1 Å². The molecule has 1 N–H and O–H groups in total. The number of hydrogen-bond donors (Lipinski definition) is 1. The van der Waals surface area contributed by atoms with Crippen LogP contribution in [-0.4, -0.2) is 7.11 Å². The zero-order valence-electron chi connectivity index (χ0n) is 11.2. The average molecular weight is 259 g/mol. The predicted molar refractivity (Wildman–Crippen MR) is 76.1 cm³/mol. The Morgan fingerprint density at radius 1 is 1.05 bits per heavy atom. The Kier molecular flexibility index (Phi) is 4.39. The van der Waals surface area contributed by atoms with Crippen molar-refractivity contribution >= 4 is 5.69 Å². The fourth-order valence-electron chi connectivity index (χ4n) is 2.04. The van der Waals surface area contributed by atoms with Gasteiger partial charge >= 0.3 is 0 Å². The molecule has 0 aliphatic rings. The third kappa shape index (κ3) is 3.05. The Morgan fingerprint density at radius 3 is 2.53 bits per heavy atom. The molecule has 2 aromatic rings. The lowest BCUT2D eigenvalue weighted by Crippen LogP contribution is -2.04. The second-order valence-electron chi connectivity index (χ2n) is 4.30. The first-order chi connectivity index (χ1) is 9.26. The average Bonchev–Trinajstić information content (AvgIpc) is 2.46. The fraction of sp³-hybridized carbons (Fsp3) is 0.250. The molecule has 0 unspecified atom stereocenters. The van der Waals surface area contributed by atoms with E-state index in [4.69, 9.17) is 4.74 Å². The fourth-order valence-corrected chi connectivity index (χ4v) is 2.04. The number of ether oxygens (including phenoxy) is 1. The highest BCUT2D eigenvalue weighted by Crippen LogP contribution is 2.22. The molecule has 2 rings (SSSR count). The Balaban J connectivity index is 2.15. The van der Waals surface area contributed by atoms with Crippen LogP contribution in [-0.2, 0) is 13.0 Å². The van der Waals surface area contributed by atoms with E-state index >= 15 is 0 Å². The number of aryl methyl sites for hydroxylation is 1. The molecule has 0 atom stereocenters. The number of rotatable bonds is 5. The maximum Gasteiger partial charge on any atom is 0.170 e. The lowest BCUT2D eigenvalue weighted by Gasteiger charge is -2.12. The lowest BCUT2D eigenvalue weighted by atomic mass is 10.1. The number of para-hydroxylation sites is 1. The van der Waals surface area contributed by atoms with Gasteiger partial charge in [-0.05, 0) is 24.1 Å². The van der Waals surface area contributed by atoms with Crippen LogP contribution >= 0.6 is 0 Å². The summed E-state index contributed by atoms with van der Waals surface area (Å²) >= 11 is 0. The first kappa shape index (κ1) is 13.4. The number of anilines is 1. The van der Waals surface area contributed by atoms with Crippen molar-refractivity contribution in [2.45, 2.75) is 19.9 Å². The monoisotopic (exact) mass is 259 g/mol. The summed E-state index contributed by atoms with van der Waals surface area (Å²) in [6, 6.07) is 13.3. The van der Waals surface area contributed by atoms with E-state index in [0.717, 1.165) is 12.1 Å². The smallest absolute Gasteiger partial charge is 0.170 e. The van der Waals surface area contributed by atoms with Crippen molar-refractivity contribution in [3.05, 3.63) is 59.4 Å². The van der Waals surface area contributed by atoms with E-state index in [0.29, 0.717) is 12.1 Å². The standard InChI is InChI=1S/C16H18FNO/c1-3-12-7-4-5-9-14(12)18-11-13-8-6-10-15(19-2)16(13)17/h4-10,18H,3,11H2,1-2H3. The summed E-state index contributed by atoms with van der Waals surface area (Å²) in [6.45, 7) is 2.55. The van der Waals surface area contributed by atoms with Crippen LogP contribution in [0.5, 0.6) is 5.75 Å². The molecular weight excluding hydrogens is 241 g/mol. The second kappa shape index (κ2) is 6.23. The molecule has 0 aliphatic carbocycles. The summed E-state index contributed by atoms with van der Waals surface area (Å²) in [4.78, 5) is 0. The van der Waals surface area contributed by atoms with Gasteiger partial charge in [0.25, 0.3) is 0 Å². The quantitative estimate of drug-likeness (QED) is 0.876. The zero-order valence-corrected chi connectivity index (χ0v) is 11.2. The van der Waals surface area contributed by atoms with Crippen LogP contribution in [0.3, 0.4) is 0 Å². The van der Waals surface area contributed by atoms with Crippen molar-refractivity contribution in [1.82, 2.24) is 0 Å². The topological polar surface area (TPSA) is 21.3 Å². The van der Waals surface area contributed by atoms with E-state index in [1.54, 1.807) is 18.2 Å². The maximum absolute atomic E-state index is 14.0. The number of benzene rings is 2. The van der Waals surface area contributed by atoms with Crippen molar-refractivity contribution in [2.24, 2.45) is 0 Å². The number of halogens is 1. The summed E-state index contributed by atoms with van der Waals surface area (Å²) in [7, 11) is 1.47. The van der Waals surface area contributed by atoms with Crippen molar-refractivity contribution in [1.29, 1.82) is 0 Å². The van der Waals surface area contributed by atoms with Gasteiger partial charge < -0.3 is 10.1 Å². The van der Waals surface area contributed by atoms with Gasteiger partial charge in [0.05, 0.1) is 7.11 Å². The zero-order chi connectivity index (χ0) is 13.7. The molecule has 0 aromatic heterocycles. The van der Waals surface area contributed by atoms with Gasteiger partial charge in [-0.25, -0.2) is 4.39 Å². The van der Waals surface area contributed by atoms with Crippen molar-refractivity contribution in [3.8, 4) is 5.75 Å².